The first kappa shape index (κ1) is 21.1. The zero-order valence-corrected chi connectivity index (χ0v) is 15.8. The van der Waals surface area contributed by atoms with Gasteiger partial charge in [0.25, 0.3) is 5.91 Å². The monoisotopic (exact) mass is 403 g/mol. The molecule has 28 heavy (non-hydrogen) atoms. The van der Waals surface area contributed by atoms with Gasteiger partial charge >= 0.3 is 0 Å². The van der Waals surface area contributed by atoms with Gasteiger partial charge in [0.1, 0.15) is 5.82 Å². The molecule has 2 aromatic rings. The second kappa shape index (κ2) is 9.65. The van der Waals surface area contributed by atoms with E-state index >= 15 is 0 Å². The van der Waals surface area contributed by atoms with Gasteiger partial charge in [-0.1, -0.05) is 6.07 Å². The molecule has 0 aliphatic rings. The van der Waals surface area contributed by atoms with Crippen molar-refractivity contribution >= 4 is 41.0 Å². The number of Topliss-reactive ketones (excluding diaryl/α,β-unsaturated/α-hetero) is 1. The number of anilines is 1. The van der Waals surface area contributed by atoms with E-state index in [1.165, 1.54) is 43.3 Å². The SMILES string of the molecule is CC(=O)c1ccc(SCC(=O)Nc2ccc(C(=O)NCC(N)=O)cc2)c(F)c1. The Morgan fingerprint density at radius 2 is 1.68 bits per heavy atom. The molecular weight excluding hydrogens is 385 g/mol. The Balaban J connectivity index is 1.88. The van der Waals surface area contributed by atoms with Crippen LogP contribution in [0.3, 0.4) is 0 Å². The Bertz CT molecular complexity index is 916. The number of nitrogens with one attached hydrogen (secondary N) is 2. The van der Waals surface area contributed by atoms with E-state index in [1.807, 2.05) is 0 Å². The number of primary amides is 1. The summed E-state index contributed by atoms with van der Waals surface area (Å²) in [5.41, 5.74) is 6.00. The van der Waals surface area contributed by atoms with Crippen molar-refractivity contribution in [3.8, 4) is 0 Å². The maximum Gasteiger partial charge on any atom is 0.251 e. The number of nitrogens with two attached hydrogens (primary N) is 1. The Morgan fingerprint density at radius 1 is 1.04 bits per heavy atom. The van der Waals surface area contributed by atoms with Crippen LogP contribution < -0.4 is 16.4 Å². The fourth-order valence-corrected chi connectivity index (χ4v) is 2.87. The van der Waals surface area contributed by atoms with Crippen LogP contribution in [0.5, 0.6) is 0 Å². The van der Waals surface area contributed by atoms with Crippen molar-refractivity contribution in [3.63, 3.8) is 0 Å². The van der Waals surface area contributed by atoms with E-state index in [0.717, 1.165) is 17.8 Å². The van der Waals surface area contributed by atoms with Crippen LogP contribution in [-0.2, 0) is 9.59 Å². The first-order valence-corrected chi connectivity index (χ1v) is 9.14. The molecule has 4 N–H and O–H groups in total. The molecule has 2 aromatic carbocycles. The summed E-state index contributed by atoms with van der Waals surface area (Å²) in [6, 6.07) is 10.1. The smallest absolute Gasteiger partial charge is 0.251 e. The van der Waals surface area contributed by atoms with Crippen LogP contribution in [0.2, 0.25) is 0 Å². The number of ketones is 1. The second-order valence-electron chi connectivity index (χ2n) is 5.76. The minimum absolute atomic E-state index is 0.0306. The molecule has 0 saturated heterocycles. The molecule has 2 rings (SSSR count). The number of rotatable bonds is 8. The molecule has 0 aliphatic carbocycles. The van der Waals surface area contributed by atoms with Gasteiger partial charge in [0.05, 0.1) is 12.3 Å². The van der Waals surface area contributed by atoms with Crippen molar-refractivity contribution in [2.24, 2.45) is 5.73 Å². The highest BCUT2D eigenvalue weighted by atomic mass is 32.2. The van der Waals surface area contributed by atoms with Crippen LogP contribution >= 0.6 is 11.8 Å². The quantitative estimate of drug-likeness (QED) is 0.460. The summed E-state index contributed by atoms with van der Waals surface area (Å²) < 4.78 is 13.9. The highest BCUT2D eigenvalue weighted by Crippen LogP contribution is 2.23. The van der Waals surface area contributed by atoms with Gasteiger partial charge in [0, 0.05) is 21.7 Å². The van der Waals surface area contributed by atoms with Gasteiger partial charge in [-0.15, -0.1) is 11.8 Å². The van der Waals surface area contributed by atoms with E-state index in [1.54, 1.807) is 0 Å². The predicted molar refractivity (Wildman–Crippen MR) is 104 cm³/mol. The van der Waals surface area contributed by atoms with Crippen molar-refractivity contribution in [3.05, 3.63) is 59.4 Å². The third kappa shape index (κ3) is 6.20. The molecule has 0 bridgehead atoms. The Hall–Kier alpha value is -3.20. The van der Waals surface area contributed by atoms with Crippen molar-refractivity contribution in [1.29, 1.82) is 0 Å². The maximum absolute atomic E-state index is 13.9. The fraction of sp³-hybridized carbons (Fsp3) is 0.158. The third-order valence-corrected chi connectivity index (χ3v) is 4.60. The van der Waals surface area contributed by atoms with Gasteiger partial charge in [0.15, 0.2) is 5.78 Å². The Labute approximate surface area is 164 Å². The largest absolute Gasteiger partial charge is 0.368 e. The van der Waals surface area contributed by atoms with Crippen LogP contribution in [0.4, 0.5) is 10.1 Å². The van der Waals surface area contributed by atoms with Crippen LogP contribution in [0.15, 0.2) is 47.4 Å². The number of benzene rings is 2. The molecule has 146 valence electrons. The summed E-state index contributed by atoms with van der Waals surface area (Å²) in [5, 5.41) is 4.99. The van der Waals surface area contributed by atoms with Crippen molar-refractivity contribution in [1.82, 2.24) is 5.32 Å². The summed E-state index contributed by atoms with van der Waals surface area (Å²) in [4.78, 5) is 46.0. The summed E-state index contributed by atoms with van der Waals surface area (Å²) in [5.74, 6) is -2.29. The average molecular weight is 403 g/mol. The van der Waals surface area contributed by atoms with E-state index in [9.17, 15) is 23.6 Å². The lowest BCUT2D eigenvalue weighted by atomic mass is 10.1. The van der Waals surface area contributed by atoms with Gasteiger partial charge in [-0.2, -0.15) is 0 Å². The molecule has 7 nitrogen and oxygen atoms in total. The van der Waals surface area contributed by atoms with Gasteiger partial charge in [-0.05, 0) is 43.3 Å². The van der Waals surface area contributed by atoms with Gasteiger partial charge in [0.2, 0.25) is 11.8 Å². The second-order valence-corrected chi connectivity index (χ2v) is 6.78. The number of halogens is 1. The van der Waals surface area contributed by atoms with Gasteiger partial charge < -0.3 is 16.4 Å². The van der Waals surface area contributed by atoms with E-state index in [4.69, 9.17) is 5.73 Å². The minimum atomic E-state index is -0.651. The van der Waals surface area contributed by atoms with Crippen LogP contribution in [-0.4, -0.2) is 35.8 Å². The number of carbonyl (C=O) groups is 4. The standard InChI is InChI=1S/C19H18FN3O4S/c1-11(24)13-4-7-16(15(20)8-13)28-10-18(26)23-14-5-2-12(3-6-14)19(27)22-9-17(21)25/h2-8H,9-10H2,1H3,(H2,21,25)(H,22,27)(H,23,26). The highest BCUT2D eigenvalue weighted by molar-refractivity contribution is 8.00. The number of hydrogen-bond acceptors (Lipinski definition) is 5. The van der Waals surface area contributed by atoms with Crippen LogP contribution in [0.1, 0.15) is 27.6 Å². The van der Waals surface area contributed by atoms with Crippen molar-refractivity contribution in [2.75, 3.05) is 17.6 Å². The lowest BCUT2D eigenvalue weighted by Gasteiger charge is -2.08. The van der Waals surface area contributed by atoms with E-state index < -0.39 is 17.6 Å². The molecule has 0 spiro atoms. The Kier molecular flexibility index (Phi) is 7.28. The Morgan fingerprint density at radius 3 is 2.25 bits per heavy atom. The molecule has 0 atom stereocenters. The lowest BCUT2D eigenvalue weighted by Crippen LogP contribution is -2.33. The average Bonchev–Trinajstić information content (AvgIpc) is 2.65. The zero-order valence-electron chi connectivity index (χ0n) is 15.0. The predicted octanol–water partition coefficient (Wildman–Crippen LogP) is 1.97. The number of carbonyl (C=O) groups excluding carboxylic acids is 4. The maximum atomic E-state index is 13.9. The molecule has 0 saturated carbocycles. The summed E-state index contributed by atoms with van der Waals surface area (Å²) in [7, 11) is 0. The van der Waals surface area contributed by atoms with E-state index in [-0.39, 0.29) is 34.4 Å². The molecule has 3 amide bonds. The molecular formula is C19H18FN3O4S. The number of amides is 3. The third-order valence-electron chi connectivity index (χ3n) is 3.55. The topological polar surface area (TPSA) is 118 Å². The van der Waals surface area contributed by atoms with Crippen molar-refractivity contribution in [2.45, 2.75) is 11.8 Å². The molecule has 0 fully saturated rings. The fourth-order valence-electron chi connectivity index (χ4n) is 2.15. The first-order valence-electron chi connectivity index (χ1n) is 8.16. The van der Waals surface area contributed by atoms with E-state index in [2.05, 4.69) is 10.6 Å². The molecule has 0 aromatic heterocycles. The first-order chi connectivity index (χ1) is 13.3. The zero-order chi connectivity index (χ0) is 20.7. The normalized spacial score (nSPS) is 10.2. The minimum Gasteiger partial charge on any atom is -0.368 e. The summed E-state index contributed by atoms with van der Waals surface area (Å²) in [6.07, 6.45) is 0. The van der Waals surface area contributed by atoms with Gasteiger partial charge in [-0.25, -0.2) is 4.39 Å². The lowest BCUT2D eigenvalue weighted by molar-refractivity contribution is -0.117. The van der Waals surface area contributed by atoms with Crippen LogP contribution in [0, 0.1) is 5.82 Å². The summed E-state index contributed by atoms with van der Waals surface area (Å²) >= 11 is 1.01. The molecule has 0 heterocycles. The summed E-state index contributed by atoms with van der Waals surface area (Å²) in [6.45, 7) is 1.08. The van der Waals surface area contributed by atoms with Crippen molar-refractivity contribution < 1.29 is 23.6 Å². The number of thioether (sulfide) groups is 1. The molecule has 0 aliphatic heterocycles. The molecule has 0 radical (unpaired) electrons. The number of hydrogen-bond donors (Lipinski definition) is 3. The molecule has 0 unspecified atom stereocenters. The van der Waals surface area contributed by atoms with Crippen LogP contribution in [0.25, 0.3) is 0 Å². The molecule has 9 heteroatoms. The van der Waals surface area contributed by atoms with Gasteiger partial charge in [-0.3, -0.25) is 19.2 Å². The van der Waals surface area contributed by atoms with E-state index in [0.29, 0.717) is 11.3 Å². The highest BCUT2D eigenvalue weighted by Gasteiger charge is 2.11.